The first kappa shape index (κ1) is 6.92. The largest absolute Gasteiger partial charge is 0.383 e. The second kappa shape index (κ2) is 4.09. The zero-order valence-corrected chi connectivity index (χ0v) is 5.19. The van der Waals surface area contributed by atoms with Crippen molar-refractivity contribution in [2.75, 3.05) is 20.8 Å². The Labute approximate surface area is 44.9 Å². The van der Waals surface area contributed by atoms with Crippen molar-refractivity contribution in [1.82, 2.24) is 5.32 Å². The first-order valence-corrected chi connectivity index (χ1v) is 2.47. The molecular weight excluding hydrogens is 90.1 g/mol. The van der Waals surface area contributed by atoms with Crippen LogP contribution in [0.3, 0.4) is 0 Å². The van der Waals surface area contributed by atoms with Gasteiger partial charge in [0.15, 0.2) is 0 Å². The molecule has 0 aliphatic rings. The van der Waals surface area contributed by atoms with Crippen molar-refractivity contribution in [3.8, 4) is 0 Å². The molecule has 0 fully saturated rings. The summed E-state index contributed by atoms with van der Waals surface area (Å²) in [6, 6.07) is 0.477. The average Bonchev–Trinajstić information content (AvgIpc) is 1.68. The molecule has 0 bridgehead atoms. The molecule has 0 saturated carbocycles. The molecule has 0 unspecified atom stereocenters. The van der Waals surface area contributed by atoms with Crippen LogP contribution in [0.1, 0.15) is 6.92 Å². The van der Waals surface area contributed by atoms with E-state index in [4.69, 9.17) is 4.74 Å². The van der Waals surface area contributed by atoms with E-state index in [9.17, 15) is 0 Å². The molecule has 0 aliphatic heterocycles. The van der Waals surface area contributed by atoms with Crippen LogP contribution < -0.4 is 5.32 Å². The maximum absolute atomic E-state index is 4.83. The minimum atomic E-state index is 0.477. The number of rotatable bonds is 3. The molecule has 2 nitrogen and oxygen atoms in total. The van der Waals surface area contributed by atoms with Gasteiger partial charge in [-0.1, -0.05) is 0 Å². The smallest absolute Gasteiger partial charge is 0.0613 e. The quantitative estimate of drug-likeness (QED) is 0.552. The van der Waals surface area contributed by atoms with Gasteiger partial charge in [-0.25, -0.2) is 0 Å². The molecule has 0 spiro atoms. The maximum Gasteiger partial charge on any atom is 0.0613 e. The zero-order chi connectivity index (χ0) is 5.70. The van der Waals surface area contributed by atoms with Crippen molar-refractivity contribution in [3.63, 3.8) is 0 Å². The van der Waals surface area contributed by atoms with Gasteiger partial charge in [0, 0.05) is 13.2 Å². The SMILES string of the molecule is CN[C@@H](C)COC. The van der Waals surface area contributed by atoms with Gasteiger partial charge in [-0.05, 0) is 14.0 Å². The van der Waals surface area contributed by atoms with Crippen LogP contribution in [0.15, 0.2) is 0 Å². The molecule has 0 aliphatic carbocycles. The van der Waals surface area contributed by atoms with E-state index < -0.39 is 0 Å². The summed E-state index contributed by atoms with van der Waals surface area (Å²) in [7, 11) is 3.62. The summed E-state index contributed by atoms with van der Waals surface area (Å²) in [6.07, 6.45) is 0. The fourth-order valence-corrected chi connectivity index (χ4v) is 0.333. The molecule has 0 amide bonds. The molecule has 0 heterocycles. The van der Waals surface area contributed by atoms with E-state index in [2.05, 4.69) is 12.2 Å². The lowest BCUT2D eigenvalue weighted by Crippen LogP contribution is -2.25. The lowest BCUT2D eigenvalue weighted by atomic mass is 10.4. The van der Waals surface area contributed by atoms with E-state index >= 15 is 0 Å². The van der Waals surface area contributed by atoms with Crippen LogP contribution >= 0.6 is 0 Å². The monoisotopic (exact) mass is 103 g/mol. The minimum Gasteiger partial charge on any atom is -0.383 e. The van der Waals surface area contributed by atoms with Gasteiger partial charge in [-0.15, -0.1) is 0 Å². The minimum absolute atomic E-state index is 0.477. The number of ether oxygens (including phenoxy) is 1. The summed E-state index contributed by atoms with van der Waals surface area (Å²) in [5.41, 5.74) is 0. The topological polar surface area (TPSA) is 21.3 Å². The average molecular weight is 103 g/mol. The van der Waals surface area contributed by atoms with Crippen LogP contribution in [0.25, 0.3) is 0 Å². The van der Waals surface area contributed by atoms with Crippen LogP contribution in [0.2, 0.25) is 0 Å². The van der Waals surface area contributed by atoms with Crippen molar-refractivity contribution < 1.29 is 4.74 Å². The first-order chi connectivity index (χ1) is 3.31. The van der Waals surface area contributed by atoms with E-state index in [1.807, 2.05) is 7.05 Å². The number of hydrogen-bond donors (Lipinski definition) is 1. The third-order valence-corrected chi connectivity index (χ3v) is 0.909. The predicted octanol–water partition coefficient (Wildman–Crippen LogP) is 0.241. The first-order valence-electron chi connectivity index (χ1n) is 2.47. The third-order valence-electron chi connectivity index (χ3n) is 0.909. The Kier molecular flexibility index (Phi) is 4.04. The van der Waals surface area contributed by atoms with Gasteiger partial charge in [0.05, 0.1) is 6.61 Å². The Hall–Kier alpha value is -0.0800. The molecule has 7 heavy (non-hydrogen) atoms. The Bertz CT molecular complexity index is 39.1. The zero-order valence-electron chi connectivity index (χ0n) is 5.19. The van der Waals surface area contributed by atoms with Crippen LogP contribution in [0, 0.1) is 0 Å². The van der Waals surface area contributed by atoms with Gasteiger partial charge in [-0.3, -0.25) is 0 Å². The lowest BCUT2D eigenvalue weighted by molar-refractivity contribution is 0.175. The van der Waals surface area contributed by atoms with E-state index in [1.54, 1.807) is 7.11 Å². The van der Waals surface area contributed by atoms with Gasteiger partial charge in [0.1, 0.15) is 0 Å². The van der Waals surface area contributed by atoms with Crippen molar-refractivity contribution in [2.24, 2.45) is 0 Å². The Morgan fingerprint density at radius 1 is 1.71 bits per heavy atom. The van der Waals surface area contributed by atoms with Gasteiger partial charge < -0.3 is 10.1 Å². The van der Waals surface area contributed by atoms with E-state index in [-0.39, 0.29) is 0 Å². The number of methoxy groups -OCH3 is 1. The number of hydrogen-bond acceptors (Lipinski definition) is 2. The molecule has 0 aromatic rings. The highest BCUT2D eigenvalue weighted by atomic mass is 16.5. The van der Waals surface area contributed by atoms with Crippen LogP contribution in [-0.4, -0.2) is 26.8 Å². The number of nitrogens with one attached hydrogen (secondary N) is 1. The van der Waals surface area contributed by atoms with E-state index in [1.165, 1.54) is 0 Å². The normalized spacial score (nSPS) is 14.1. The summed E-state index contributed by atoms with van der Waals surface area (Å²) < 4.78 is 4.83. The predicted molar refractivity (Wildman–Crippen MR) is 30.4 cm³/mol. The highest BCUT2D eigenvalue weighted by Crippen LogP contribution is 1.76. The Balaban J connectivity index is 2.83. The van der Waals surface area contributed by atoms with E-state index in [0.717, 1.165) is 6.61 Å². The van der Waals surface area contributed by atoms with Crippen LogP contribution in [0.5, 0.6) is 0 Å². The summed E-state index contributed by atoms with van der Waals surface area (Å²) >= 11 is 0. The highest BCUT2D eigenvalue weighted by molar-refractivity contribution is 4.51. The van der Waals surface area contributed by atoms with Crippen LogP contribution in [0.4, 0.5) is 0 Å². The molecule has 0 aromatic carbocycles. The molecule has 1 atom stereocenters. The molecule has 2 heteroatoms. The van der Waals surface area contributed by atoms with Crippen molar-refractivity contribution in [3.05, 3.63) is 0 Å². The van der Waals surface area contributed by atoms with Crippen molar-refractivity contribution in [2.45, 2.75) is 13.0 Å². The Morgan fingerprint density at radius 2 is 2.29 bits per heavy atom. The fourth-order valence-electron chi connectivity index (χ4n) is 0.333. The summed E-state index contributed by atoms with van der Waals surface area (Å²) in [5, 5.41) is 3.04. The molecule has 0 radical (unpaired) electrons. The summed E-state index contributed by atoms with van der Waals surface area (Å²) in [5.74, 6) is 0. The summed E-state index contributed by atoms with van der Waals surface area (Å²) in [6.45, 7) is 2.86. The van der Waals surface area contributed by atoms with Gasteiger partial charge >= 0.3 is 0 Å². The number of likely N-dealkylation sites (N-methyl/N-ethyl adjacent to an activating group) is 1. The molecular formula is C5H13NO. The highest BCUT2D eigenvalue weighted by Gasteiger charge is 1.91. The molecule has 0 saturated heterocycles. The third kappa shape index (κ3) is 3.76. The lowest BCUT2D eigenvalue weighted by Gasteiger charge is -2.05. The van der Waals surface area contributed by atoms with Crippen molar-refractivity contribution >= 4 is 0 Å². The molecule has 1 N–H and O–H groups in total. The van der Waals surface area contributed by atoms with Gasteiger partial charge in [-0.2, -0.15) is 0 Å². The second-order valence-corrected chi connectivity index (χ2v) is 1.65. The van der Waals surface area contributed by atoms with Gasteiger partial charge in [0.2, 0.25) is 0 Å². The standard InChI is InChI=1S/C5H13NO/c1-5(6-2)4-7-3/h5-6H,4H2,1-3H3/t5-/m0/s1. The second-order valence-electron chi connectivity index (χ2n) is 1.65. The molecule has 44 valence electrons. The van der Waals surface area contributed by atoms with E-state index in [0.29, 0.717) is 6.04 Å². The maximum atomic E-state index is 4.83. The fraction of sp³-hybridized carbons (Fsp3) is 1.00. The van der Waals surface area contributed by atoms with Crippen LogP contribution in [-0.2, 0) is 4.74 Å². The molecule has 0 aromatic heterocycles. The molecule has 0 rings (SSSR count). The van der Waals surface area contributed by atoms with Gasteiger partial charge in [0.25, 0.3) is 0 Å². The summed E-state index contributed by atoms with van der Waals surface area (Å²) in [4.78, 5) is 0. The Morgan fingerprint density at radius 3 is 2.43 bits per heavy atom. The van der Waals surface area contributed by atoms with Crippen molar-refractivity contribution in [1.29, 1.82) is 0 Å².